The number of nitrogens with two attached hydrogens (primary N) is 1. The second-order valence-corrected chi connectivity index (χ2v) is 6.78. The molecule has 1 unspecified atom stereocenters. The Labute approximate surface area is 160 Å². The van der Waals surface area contributed by atoms with Crippen molar-refractivity contribution in [3.8, 4) is 0 Å². The van der Waals surface area contributed by atoms with Crippen LogP contribution in [0.2, 0.25) is 0 Å². The predicted molar refractivity (Wildman–Crippen MR) is 75.7 cm³/mol. The van der Waals surface area contributed by atoms with Gasteiger partial charge in [0, 0.05) is 6.54 Å². The van der Waals surface area contributed by atoms with Gasteiger partial charge < -0.3 is 5.73 Å². The van der Waals surface area contributed by atoms with Gasteiger partial charge >= 0.3 is 45.0 Å². The van der Waals surface area contributed by atoms with Crippen molar-refractivity contribution in [2.45, 2.75) is 54.4 Å². The van der Waals surface area contributed by atoms with Crippen molar-refractivity contribution in [1.82, 2.24) is 0 Å². The minimum absolute atomic E-state index is 0.339. The van der Waals surface area contributed by atoms with Crippen LogP contribution in [-0.4, -0.2) is 60.6 Å². The lowest BCUT2D eigenvalue weighted by atomic mass is 9.91. The molecule has 0 fully saturated rings. The molecule has 0 spiro atoms. The second-order valence-electron chi connectivity index (χ2n) is 5.31. The van der Waals surface area contributed by atoms with Crippen LogP contribution in [0.3, 0.4) is 0 Å². The maximum atomic E-state index is 13.1. The summed E-state index contributed by atoms with van der Waals surface area (Å²) in [5, 5.41) is -7.50. The van der Waals surface area contributed by atoms with Crippen LogP contribution >= 0.6 is 0 Å². The van der Waals surface area contributed by atoms with Crippen LogP contribution in [0.4, 0.5) is 57.1 Å². The van der Waals surface area contributed by atoms with E-state index in [2.05, 4.69) is 6.58 Å². The highest BCUT2D eigenvalue weighted by Crippen LogP contribution is 2.61. The lowest BCUT2D eigenvalue weighted by Crippen LogP contribution is -2.72. The standard InChI is InChI=1S/C9H7F13O3S.C3H7N/c1-2-3(10)4(11,12)5(13,14)6(15,16)7(17,18)8(19,20)9(21,22)26(23,24)25;1-2-3-4/h3H,2H2,1H3,(H,23,24,25);2H,1,3-4H2. The smallest absolute Gasteiger partial charge is 0.327 e. The van der Waals surface area contributed by atoms with Crippen molar-refractivity contribution in [1.29, 1.82) is 0 Å². The fourth-order valence-corrected chi connectivity index (χ4v) is 1.85. The van der Waals surface area contributed by atoms with E-state index in [1.165, 1.54) is 0 Å². The van der Waals surface area contributed by atoms with E-state index in [1.54, 1.807) is 6.08 Å². The first-order valence-corrected chi connectivity index (χ1v) is 8.52. The van der Waals surface area contributed by atoms with Crippen LogP contribution in [0.5, 0.6) is 0 Å². The molecule has 0 aromatic carbocycles. The van der Waals surface area contributed by atoms with Crippen molar-refractivity contribution in [3.63, 3.8) is 0 Å². The molecule has 1 atom stereocenters. The second kappa shape index (κ2) is 9.05. The number of alkyl halides is 13. The van der Waals surface area contributed by atoms with Gasteiger partial charge in [-0.25, -0.2) is 4.39 Å². The quantitative estimate of drug-likeness (QED) is 0.278. The van der Waals surface area contributed by atoms with Gasteiger partial charge in [0.25, 0.3) is 0 Å². The molecule has 0 aromatic heterocycles. The van der Waals surface area contributed by atoms with Gasteiger partial charge in [-0.15, -0.1) is 6.58 Å². The lowest BCUT2D eigenvalue weighted by Gasteiger charge is -2.41. The number of hydrogen-bond donors (Lipinski definition) is 2. The molecule has 0 amide bonds. The Bertz CT molecular complexity index is 693. The van der Waals surface area contributed by atoms with Gasteiger partial charge in [-0.1, -0.05) is 13.0 Å². The first-order valence-electron chi connectivity index (χ1n) is 7.08. The topological polar surface area (TPSA) is 80.4 Å². The van der Waals surface area contributed by atoms with E-state index in [1.807, 2.05) is 0 Å². The van der Waals surface area contributed by atoms with Crippen LogP contribution in [0.25, 0.3) is 0 Å². The molecule has 18 heteroatoms. The van der Waals surface area contributed by atoms with Crippen LogP contribution in [0.1, 0.15) is 13.3 Å². The highest BCUT2D eigenvalue weighted by Gasteiger charge is 2.92. The molecule has 30 heavy (non-hydrogen) atoms. The monoisotopic (exact) mass is 499 g/mol. The van der Waals surface area contributed by atoms with Crippen LogP contribution in [0, 0.1) is 0 Å². The number of rotatable bonds is 9. The van der Waals surface area contributed by atoms with Crippen molar-refractivity contribution >= 4 is 10.1 Å². The summed E-state index contributed by atoms with van der Waals surface area (Å²) < 4.78 is 197. The Hall–Kier alpha value is -1.30. The molecule has 0 aliphatic carbocycles. The highest BCUT2D eigenvalue weighted by atomic mass is 32.2. The van der Waals surface area contributed by atoms with E-state index in [0.29, 0.717) is 13.5 Å². The molecule has 0 saturated carbocycles. The van der Waals surface area contributed by atoms with E-state index in [0.717, 1.165) is 0 Å². The maximum Gasteiger partial charge on any atom is 0.438 e. The third-order valence-electron chi connectivity index (χ3n) is 3.21. The fourth-order valence-electron chi connectivity index (χ4n) is 1.40. The summed E-state index contributed by atoms with van der Waals surface area (Å²) in [6, 6.07) is 0. The Morgan fingerprint density at radius 3 is 1.40 bits per heavy atom. The largest absolute Gasteiger partial charge is 0.438 e. The van der Waals surface area contributed by atoms with E-state index in [9.17, 15) is 65.5 Å². The van der Waals surface area contributed by atoms with E-state index in [4.69, 9.17) is 10.3 Å². The molecule has 0 saturated heterocycles. The Balaban J connectivity index is 0. The summed E-state index contributed by atoms with van der Waals surface area (Å²) in [5.74, 6) is -38.7. The molecule has 3 N–H and O–H groups in total. The SMILES string of the molecule is C=CCN.CCC(F)C(F)(F)C(F)(F)C(F)(F)C(F)(F)C(F)(F)C(F)(F)S(=O)(=O)O. The molecule has 0 heterocycles. The molecule has 0 aliphatic rings. The van der Waals surface area contributed by atoms with Crippen LogP contribution < -0.4 is 5.73 Å². The molecule has 0 bridgehead atoms. The lowest BCUT2D eigenvalue weighted by molar-refractivity contribution is -0.421. The van der Waals surface area contributed by atoms with Gasteiger partial charge in [0.1, 0.15) is 0 Å². The summed E-state index contributed by atoms with van der Waals surface area (Å²) in [6.07, 6.45) is -4.35. The van der Waals surface area contributed by atoms with Crippen LogP contribution in [0.15, 0.2) is 12.7 Å². The van der Waals surface area contributed by atoms with Gasteiger partial charge in [-0.2, -0.15) is 61.1 Å². The average molecular weight is 499 g/mol. The molecule has 0 radical (unpaired) electrons. The number of halogens is 13. The van der Waals surface area contributed by atoms with Crippen molar-refractivity contribution in [2.75, 3.05) is 6.54 Å². The third-order valence-corrected chi connectivity index (χ3v) is 4.11. The Morgan fingerprint density at radius 2 is 1.17 bits per heavy atom. The minimum atomic E-state index is -8.19. The first kappa shape index (κ1) is 30.9. The van der Waals surface area contributed by atoms with E-state index in [-0.39, 0.29) is 0 Å². The summed E-state index contributed by atoms with van der Waals surface area (Å²) in [6.45, 7) is 4.28. The maximum absolute atomic E-state index is 13.1. The van der Waals surface area contributed by atoms with Gasteiger partial charge in [0.05, 0.1) is 0 Å². The third kappa shape index (κ3) is 4.63. The van der Waals surface area contributed by atoms with Crippen molar-refractivity contribution < 1.29 is 70.0 Å². The first-order chi connectivity index (χ1) is 12.9. The normalized spacial score (nSPS) is 15.9. The van der Waals surface area contributed by atoms with Gasteiger partial charge in [-0.3, -0.25) is 4.55 Å². The fraction of sp³-hybridized carbons (Fsp3) is 0.833. The van der Waals surface area contributed by atoms with Crippen molar-refractivity contribution in [2.24, 2.45) is 5.73 Å². The Kier molecular flexibility index (Phi) is 9.32. The molecule has 4 nitrogen and oxygen atoms in total. The van der Waals surface area contributed by atoms with Gasteiger partial charge in [0.15, 0.2) is 6.17 Å². The van der Waals surface area contributed by atoms with E-state index < -0.39 is 57.6 Å². The van der Waals surface area contributed by atoms with Gasteiger partial charge in [0.2, 0.25) is 0 Å². The molecule has 0 aliphatic heterocycles. The highest BCUT2D eigenvalue weighted by molar-refractivity contribution is 7.87. The van der Waals surface area contributed by atoms with E-state index >= 15 is 0 Å². The summed E-state index contributed by atoms with van der Waals surface area (Å²) in [5.41, 5.74) is 4.91. The summed E-state index contributed by atoms with van der Waals surface area (Å²) in [4.78, 5) is 0. The molecule has 0 aromatic rings. The number of hydrogen-bond acceptors (Lipinski definition) is 3. The summed E-state index contributed by atoms with van der Waals surface area (Å²) in [7, 11) is -7.61. The van der Waals surface area contributed by atoms with Crippen molar-refractivity contribution in [3.05, 3.63) is 12.7 Å². The molecule has 0 rings (SSSR count). The summed E-state index contributed by atoms with van der Waals surface area (Å²) >= 11 is 0. The van der Waals surface area contributed by atoms with Gasteiger partial charge in [-0.05, 0) is 6.42 Å². The predicted octanol–water partition coefficient (Wildman–Crippen LogP) is 4.52. The van der Waals surface area contributed by atoms with Crippen LogP contribution in [-0.2, 0) is 10.1 Å². The average Bonchev–Trinajstić information content (AvgIpc) is 2.59. The molecular weight excluding hydrogens is 485 g/mol. The molecule has 182 valence electrons. The zero-order valence-electron chi connectivity index (χ0n) is 14.4. The minimum Gasteiger partial charge on any atom is -0.327 e. The Morgan fingerprint density at radius 1 is 0.867 bits per heavy atom. The zero-order valence-corrected chi connectivity index (χ0v) is 15.3. The zero-order chi connectivity index (χ0) is 25.2. The molecular formula is C12H14F13NO3S.